The third-order valence-electron chi connectivity index (χ3n) is 6.71. The molecule has 0 saturated carbocycles. The van der Waals surface area contributed by atoms with E-state index in [1.165, 1.54) is 12.1 Å². The molecule has 0 N–H and O–H groups in total. The number of nitro groups is 1. The Morgan fingerprint density at radius 1 is 0.833 bits per heavy atom. The first-order valence-electron chi connectivity index (χ1n) is 14.7. The Hall–Kier alpha value is -2.17. The quantitative estimate of drug-likeness (QED) is 0.134. The van der Waals surface area contributed by atoms with Crippen LogP contribution in [-0.2, 0) is 14.1 Å². The number of ether oxygens (including phenoxy) is 1. The number of hydrogen-bond acceptors (Lipinski definition) is 10. The molecule has 1 aliphatic rings. The van der Waals surface area contributed by atoms with E-state index in [1.54, 1.807) is 25.5 Å². The third kappa shape index (κ3) is 14.3. The Bertz CT molecular complexity index is 1110. The molecule has 0 atom stereocenters. The molecule has 1 aliphatic heterocycles. The molecule has 0 aliphatic carbocycles. The zero-order chi connectivity index (χ0) is 31.7. The molecule has 12 heteroatoms. The lowest BCUT2D eigenvalue weighted by Gasteiger charge is -2.36. The molecule has 0 amide bonds. The predicted molar refractivity (Wildman–Crippen MR) is 168 cm³/mol. The first-order valence-corrected chi connectivity index (χ1v) is 17.5. The van der Waals surface area contributed by atoms with Gasteiger partial charge in [-0.15, -0.1) is 0 Å². The summed E-state index contributed by atoms with van der Waals surface area (Å²) in [4.78, 5) is 45.8. The lowest BCUT2D eigenvalue weighted by atomic mass is 9.96. The van der Waals surface area contributed by atoms with Crippen LogP contribution in [0.1, 0.15) is 51.9 Å². The number of nitro benzene ring substituents is 1. The van der Waals surface area contributed by atoms with Crippen molar-refractivity contribution in [3.8, 4) is 0 Å². The van der Waals surface area contributed by atoms with Gasteiger partial charge in [-0.25, -0.2) is 0 Å². The monoisotopic (exact) mass is 609 g/mol. The maximum absolute atomic E-state index is 13.3. The zero-order valence-corrected chi connectivity index (χ0v) is 27.8. The van der Waals surface area contributed by atoms with E-state index in [9.17, 15) is 24.3 Å². The van der Waals surface area contributed by atoms with E-state index in [-0.39, 0.29) is 41.5 Å². The summed E-state index contributed by atoms with van der Waals surface area (Å²) in [5.41, 5.74) is -0.638. The number of para-hydroxylation sites is 1. The molecule has 2 rings (SSSR count). The molecular weight excluding hydrogens is 557 g/mol. The van der Waals surface area contributed by atoms with E-state index < -0.39 is 17.7 Å². The van der Waals surface area contributed by atoms with Gasteiger partial charge >= 0.3 is 5.97 Å². The predicted octanol–water partition coefficient (Wildman–Crippen LogP) is 3.97. The summed E-state index contributed by atoms with van der Waals surface area (Å²) in [6, 6.07) is 6.06. The maximum Gasteiger partial charge on any atom is 0.320 e. The van der Waals surface area contributed by atoms with Crippen LogP contribution >= 0.6 is 7.14 Å². The van der Waals surface area contributed by atoms with Crippen molar-refractivity contribution in [1.29, 1.82) is 0 Å². The summed E-state index contributed by atoms with van der Waals surface area (Å²) >= 11 is 0. The minimum atomic E-state index is -2.31. The van der Waals surface area contributed by atoms with Gasteiger partial charge in [-0.2, -0.15) is 0 Å². The number of esters is 1. The molecular formula is C30H52N5O6P. The highest BCUT2D eigenvalue weighted by molar-refractivity contribution is 7.62. The fourth-order valence-electron chi connectivity index (χ4n) is 5.06. The van der Waals surface area contributed by atoms with Crippen molar-refractivity contribution in [3.05, 3.63) is 39.9 Å². The van der Waals surface area contributed by atoms with Gasteiger partial charge in [-0.05, 0) is 45.6 Å². The van der Waals surface area contributed by atoms with Gasteiger partial charge in [-0.1, -0.05) is 32.9 Å². The van der Waals surface area contributed by atoms with Gasteiger partial charge in [-0.3, -0.25) is 34.4 Å². The number of carbonyl (C=O) groups is 2. The number of benzene rings is 1. The molecule has 238 valence electrons. The summed E-state index contributed by atoms with van der Waals surface area (Å²) in [6.07, 6.45) is 0.507. The lowest BCUT2D eigenvalue weighted by Crippen LogP contribution is -2.49. The fraction of sp³-hybridized carbons (Fsp3) is 0.733. The highest BCUT2D eigenvalue weighted by Crippen LogP contribution is 2.36. The van der Waals surface area contributed by atoms with Crippen molar-refractivity contribution in [2.45, 2.75) is 47.1 Å². The van der Waals surface area contributed by atoms with Gasteiger partial charge in [0, 0.05) is 65.0 Å². The van der Waals surface area contributed by atoms with Crippen molar-refractivity contribution in [3.63, 3.8) is 0 Å². The minimum Gasteiger partial charge on any atom is -0.459 e. The number of Topliss-reactive ketones (excluding diaryl/α,β-unsaturated/α-hetero) is 1. The molecule has 1 heterocycles. The van der Waals surface area contributed by atoms with E-state index in [2.05, 4.69) is 30.6 Å². The highest BCUT2D eigenvalue weighted by Gasteiger charge is 2.26. The van der Waals surface area contributed by atoms with Crippen LogP contribution in [0.2, 0.25) is 0 Å². The van der Waals surface area contributed by atoms with Crippen molar-refractivity contribution in [2.24, 2.45) is 5.41 Å². The van der Waals surface area contributed by atoms with E-state index in [4.69, 9.17) is 4.74 Å². The molecule has 0 radical (unpaired) electrons. The van der Waals surface area contributed by atoms with Gasteiger partial charge in [0.05, 0.1) is 37.0 Å². The molecule has 0 spiro atoms. The largest absolute Gasteiger partial charge is 0.459 e. The van der Waals surface area contributed by atoms with Crippen LogP contribution in [0.3, 0.4) is 0 Å². The molecule has 0 bridgehead atoms. The molecule has 1 aromatic rings. The number of hydrogen-bond donors (Lipinski definition) is 0. The Labute approximate surface area is 252 Å². The highest BCUT2D eigenvalue weighted by atomic mass is 31.2. The van der Waals surface area contributed by atoms with Crippen LogP contribution in [0.15, 0.2) is 24.3 Å². The Balaban J connectivity index is 2.32. The van der Waals surface area contributed by atoms with Crippen LogP contribution < -0.4 is 0 Å². The fourth-order valence-corrected chi connectivity index (χ4v) is 6.31. The topological polar surface area (TPSA) is 117 Å². The van der Waals surface area contributed by atoms with Gasteiger partial charge in [0.15, 0.2) is 5.78 Å². The summed E-state index contributed by atoms with van der Waals surface area (Å²) in [6.45, 7) is 21.7. The lowest BCUT2D eigenvalue weighted by molar-refractivity contribution is -0.385. The standard InChI is InChI=1S/C30H52N5O6P/c1-29(2,3)23-33-17-15-31(21-27(36)25-11-9-10-12-26(25)35(38)39)13-14-32(22-28(37)41-30(4,5)6)16-19-34(20-18-33)24-42(7,8)40/h9-12H,13-24H2,1-8H3. The van der Waals surface area contributed by atoms with Crippen LogP contribution in [0.4, 0.5) is 5.69 Å². The van der Waals surface area contributed by atoms with Gasteiger partial charge < -0.3 is 14.2 Å². The normalized spacial score (nSPS) is 18.2. The van der Waals surface area contributed by atoms with E-state index in [1.807, 2.05) is 30.6 Å². The van der Waals surface area contributed by atoms with Gasteiger partial charge in [0.2, 0.25) is 0 Å². The average Bonchev–Trinajstić information content (AvgIpc) is 2.82. The van der Waals surface area contributed by atoms with E-state index in [0.717, 1.165) is 19.6 Å². The first-order chi connectivity index (χ1) is 19.3. The number of nitrogens with zero attached hydrogens (tertiary/aromatic N) is 5. The second kappa shape index (κ2) is 15.5. The third-order valence-corrected chi connectivity index (χ3v) is 7.79. The zero-order valence-electron chi connectivity index (χ0n) is 26.9. The second-order valence-electron chi connectivity index (χ2n) is 14.0. The van der Waals surface area contributed by atoms with Crippen molar-refractivity contribution in [1.82, 2.24) is 19.6 Å². The number of ketones is 1. The Kier molecular flexibility index (Phi) is 13.3. The van der Waals surface area contributed by atoms with Crippen molar-refractivity contribution < 1.29 is 23.8 Å². The number of carbonyl (C=O) groups excluding carboxylic acids is 2. The molecule has 0 unspecified atom stereocenters. The van der Waals surface area contributed by atoms with Gasteiger partial charge in [0.25, 0.3) is 5.69 Å². The maximum atomic E-state index is 13.3. The number of rotatable bonds is 9. The Morgan fingerprint density at radius 2 is 1.31 bits per heavy atom. The molecule has 42 heavy (non-hydrogen) atoms. The molecule has 1 saturated heterocycles. The first kappa shape index (κ1) is 36.0. The summed E-state index contributed by atoms with van der Waals surface area (Å²) < 4.78 is 18.4. The second-order valence-corrected chi connectivity index (χ2v) is 17.4. The average molecular weight is 610 g/mol. The molecule has 11 nitrogen and oxygen atoms in total. The van der Waals surface area contributed by atoms with Crippen LogP contribution in [0.25, 0.3) is 0 Å². The SMILES string of the molecule is CC(C)(C)CN1CCN(CC(=O)c2ccccc2[N+](=O)[O-])CCN(CC(=O)OC(C)(C)C)CCN(CP(C)(C)=O)CC1. The summed E-state index contributed by atoms with van der Waals surface area (Å²) in [5, 5.41) is 11.6. The minimum absolute atomic E-state index is 0.0372. The summed E-state index contributed by atoms with van der Waals surface area (Å²) in [7, 11) is -2.31. The molecule has 0 aromatic heterocycles. The van der Waals surface area contributed by atoms with Crippen LogP contribution in [0, 0.1) is 15.5 Å². The van der Waals surface area contributed by atoms with Crippen molar-refractivity contribution in [2.75, 3.05) is 91.6 Å². The molecule has 1 aromatic carbocycles. The summed E-state index contributed by atoms with van der Waals surface area (Å²) in [5.74, 6) is -0.625. The van der Waals surface area contributed by atoms with E-state index in [0.29, 0.717) is 45.6 Å². The van der Waals surface area contributed by atoms with Crippen molar-refractivity contribution >= 4 is 24.6 Å². The van der Waals surface area contributed by atoms with Crippen LogP contribution in [-0.4, -0.2) is 133 Å². The Morgan fingerprint density at radius 3 is 1.79 bits per heavy atom. The van der Waals surface area contributed by atoms with E-state index >= 15 is 0 Å². The smallest absolute Gasteiger partial charge is 0.320 e. The van der Waals surface area contributed by atoms with Gasteiger partial charge in [0.1, 0.15) is 5.60 Å². The van der Waals surface area contributed by atoms with Crippen LogP contribution in [0.5, 0.6) is 0 Å². The molecule has 1 fully saturated rings.